The standard InChI is InChI=1S/C12H13N3O2.C12H16N2O3/c13-7-9-2-1-3-11(6-9)16-5-4-10-8-17-12(14)15-10;1-15-10-2-4-11(5-3-10)16-7-6-9-8-17-12(13)14-9/h1-3,6,10H,4-5,8H2,(H2,14,15);2-5,9H,6-8H2,1H3,(H2,13,14)/t10-;9-/m00/s1. The summed E-state index contributed by atoms with van der Waals surface area (Å²) in [6, 6.07) is 17.3. The maximum atomic E-state index is 8.74. The Bertz CT molecular complexity index is 1020. The fourth-order valence-electron chi connectivity index (χ4n) is 3.12. The zero-order valence-corrected chi connectivity index (χ0v) is 19.1. The minimum atomic E-state index is 0.0779. The highest BCUT2D eigenvalue weighted by Gasteiger charge is 2.17. The second-order valence-electron chi connectivity index (χ2n) is 7.45. The molecule has 0 aromatic heterocycles. The molecule has 2 aromatic rings. The first-order chi connectivity index (χ1) is 16.6. The van der Waals surface area contributed by atoms with Crippen LogP contribution in [0.5, 0.6) is 17.2 Å². The number of nitrogens with zero attached hydrogens (tertiary/aromatic N) is 3. The lowest BCUT2D eigenvalue weighted by Gasteiger charge is -2.08. The Balaban J connectivity index is 0.000000191. The van der Waals surface area contributed by atoms with Crippen molar-refractivity contribution in [1.82, 2.24) is 0 Å². The molecule has 2 aliphatic rings. The molecule has 0 bridgehead atoms. The maximum Gasteiger partial charge on any atom is 0.282 e. The van der Waals surface area contributed by atoms with E-state index in [2.05, 4.69) is 16.1 Å². The van der Waals surface area contributed by atoms with Gasteiger partial charge < -0.3 is 35.2 Å². The van der Waals surface area contributed by atoms with Gasteiger partial charge in [-0.05, 0) is 42.5 Å². The van der Waals surface area contributed by atoms with Crippen molar-refractivity contribution in [3.8, 4) is 23.3 Å². The van der Waals surface area contributed by atoms with Crippen LogP contribution < -0.4 is 25.7 Å². The van der Waals surface area contributed by atoms with Gasteiger partial charge in [0.15, 0.2) is 0 Å². The van der Waals surface area contributed by atoms with Gasteiger partial charge in [-0.2, -0.15) is 5.26 Å². The third-order valence-corrected chi connectivity index (χ3v) is 4.93. The molecular weight excluding hydrogens is 438 g/mol. The molecule has 4 N–H and O–H groups in total. The molecule has 2 aliphatic heterocycles. The first-order valence-electron chi connectivity index (χ1n) is 10.9. The van der Waals surface area contributed by atoms with Crippen LogP contribution in [0.15, 0.2) is 58.5 Å². The number of hydrogen-bond acceptors (Lipinski definition) is 10. The number of benzene rings is 2. The van der Waals surface area contributed by atoms with Crippen LogP contribution in [0.2, 0.25) is 0 Å². The van der Waals surface area contributed by atoms with Gasteiger partial charge in [0.1, 0.15) is 30.5 Å². The molecule has 10 nitrogen and oxygen atoms in total. The van der Waals surface area contributed by atoms with Crippen molar-refractivity contribution in [2.24, 2.45) is 21.5 Å². The molecule has 0 aliphatic carbocycles. The van der Waals surface area contributed by atoms with E-state index in [0.29, 0.717) is 37.7 Å². The largest absolute Gasteiger partial charge is 0.497 e. The quantitative estimate of drug-likeness (QED) is 0.571. The summed E-state index contributed by atoms with van der Waals surface area (Å²) in [4.78, 5) is 8.21. The van der Waals surface area contributed by atoms with E-state index < -0.39 is 0 Å². The van der Waals surface area contributed by atoms with Crippen molar-refractivity contribution in [1.29, 1.82) is 5.26 Å². The molecule has 2 heterocycles. The Morgan fingerprint density at radius 1 is 0.882 bits per heavy atom. The highest BCUT2D eigenvalue weighted by atomic mass is 16.5. The highest BCUT2D eigenvalue weighted by molar-refractivity contribution is 5.73. The Morgan fingerprint density at radius 3 is 1.94 bits per heavy atom. The minimum absolute atomic E-state index is 0.0779. The maximum absolute atomic E-state index is 8.74. The summed E-state index contributed by atoms with van der Waals surface area (Å²) >= 11 is 0. The van der Waals surface area contributed by atoms with E-state index in [4.69, 9.17) is 40.4 Å². The van der Waals surface area contributed by atoms with Crippen LogP contribution in [0, 0.1) is 11.3 Å². The molecule has 0 spiro atoms. The third kappa shape index (κ3) is 8.09. The van der Waals surface area contributed by atoms with Crippen LogP contribution >= 0.6 is 0 Å². The second-order valence-corrected chi connectivity index (χ2v) is 7.45. The van der Waals surface area contributed by atoms with Gasteiger partial charge in [-0.15, -0.1) is 0 Å². The zero-order valence-electron chi connectivity index (χ0n) is 19.1. The Hall–Kier alpha value is -4.13. The lowest BCUT2D eigenvalue weighted by Crippen LogP contribution is -2.12. The van der Waals surface area contributed by atoms with E-state index in [1.165, 1.54) is 0 Å². The summed E-state index contributed by atoms with van der Waals surface area (Å²) in [6.45, 7) is 2.20. The predicted molar refractivity (Wildman–Crippen MR) is 127 cm³/mol. The number of methoxy groups -OCH3 is 1. The van der Waals surface area contributed by atoms with E-state index in [1.807, 2.05) is 30.3 Å². The monoisotopic (exact) mass is 467 g/mol. The van der Waals surface area contributed by atoms with E-state index in [9.17, 15) is 0 Å². The molecule has 2 atom stereocenters. The molecule has 4 rings (SSSR count). The van der Waals surface area contributed by atoms with E-state index >= 15 is 0 Å². The fraction of sp³-hybridized carbons (Fsp3) is 0.375. The molecule has 34 heavy (non-hydrogen) atoms. The summed E-state index contributed by atoms with van der Waals surface area (Å²) in [5, 5.41) is 8.74. The summed E-state index contributed by atoms with van der Waals surface area (Å²) in [7, 11) is 1.64. The van der Waals surface area contributed by atoms with Crippen LogP contribution in [0.25, 0.3) is 0 Å². The smallest absolute Gasteiger partial charge is 0.282 e. The van der Waals surface area contributed by atoms with Gasteiger partial charge in [-0.3, -0.25) is 0 Å². The normalized spacial score (nSPS) is 18.2. The number of nitrogens with two attached hydrogens (primary N) is 2. The third-order valence-electron chi connectivity index (χ3n) is 4.93. The van der Waals surface area contributed by atoms with Crippen LogP contribution in [-0.2, 0) is 9.47 Å². The second kappa shape index (κ2) is 12.8. The topological polar surface area (TPSA) is 147 Å². The highest BCUT2D eigenvalue weighted by Crippen LogP contribution is 2.18. The molecule has 10 heteroatoms. The van der Waals surface area contributed by atoms with Crippen molar-refractivity contribution in [3.05, 3.63) is 54.1 Å². The van der Waals surface area contributed by atoms with Crippen molar-refractivity contribution < 1.29 is 23.7 Å². The average Bonchev–Trinajstić information content (AvgIpc) is 3.47. The predicted octanol–water partition coefficient (Wildman–Crippen LogP) is 2.22. The van der Waals surface area contributed by atoms with Crippen LogP contribution in [-0.4, -0.2) is 57.7 Å². The summed E-state index contributed by atoms with van der Waals surface area (Å²) < 4.78 is 26.3. The number of rotatable bonds is 9. The van der Waals surface area contributed by atoms with Crippen molar-refractivity contribution in [2.75, 3.05) is 33.5 Å². The van der Waals surface area contributed by atoms with Gasteiger partial charge in [0.25, 0.3) is 12.0 Å². The number of amidine groups is 2. The lowest BCUT2D eigenvalue weighted by atomic mass is 10.2. The number of nitriles is 1. The Morgan fingerprint density at radius 2 is 1.44 bits per heavy atom. The number of hydrogen-bond donors (Lipinski definition) is 2. The molecule has 0 saturated heterocycles. The number of ether oxygens (including phenoxy) is 5. The van der Waals surface area contributed by atoms with E-state index in [0.717, 1.165) is 24.3 Å². The van der Waals surface area contributed by atoms with Gasteiger partial charge in [0, 0.05) is 12.8 Å². The first kappa shape index (κ1) is 24.5. The molecular formula is C24H29N5O5. The SMILES string of the molecule is COc1ccc(OCC[C@H]2COC(N)=N2)cc1.N#Cc1cccc(OCC[C@H]2COC(N)=N2)c1. The Kier molecular flexibility index (Phi) is 9.22. The van der Waals surface area contributed by atoms with E-state index in [-0.39, 0.29) is 24.1 Å². The number of aliphatic imine (C=N–C) groups is 2. The molecule has 0 fully saturated rings. The molecule has 2 aromatic carbocycles. The van der Waals surface area contributed by atoms with Crippen LogP contribution in [0.3, 0.4) is 0 Å². The van der Waals surface area contributed by atoms with Crippen LogP contribution in [0.1, 0.15) is 18.4 Å². The fourth-order valence-corrected chi connectivity index (χ4v) is 3.12. The molecule has 0 radical (unpaired) electrons. The van der Waals surface area contributed by atoms with Gasteiger partial charge in [0.2, 0.25) is 0 Å². The van der Waals surface area contributed by atoms with Crippen LogP contribution in [0.4, 0.5) is 0 Å². The molecule has 0 saturated carbocycles. The van der Waals surface area contributed by atoms with Crippen molar-refractivity contribution in [3.63, 3.8) is 0 Å². The Labute approximate surface area is 198 Å². The van der Waals surface area contributed by atoms with Gasteiger partial charge >= 0.3 is 0 Å². The summed E-state index contributed by atoms with van der Waals surface area (Å²) in [6.07, 6.45) is 1.55. The van der Waals surface area contributed by atoms with E-state index in [1.54, 1.807) is 25.3 Å². The van der Waals surface area contributed by atoms with Crippen molar-refractivity contribution >= 4 is 12.0 Å². The minimum Gasteiger partial charge on any atom is -0.497 e. The van der Waals surface area contributed by atoms with Gasteiger partial charge in [0.05, 0.1) is 44.0 Å². The first-order valence-corrected chi connectivity index (χ1v) is 10.9. The van der Waals surface area contributed by atoms with Gasteiger partial charge in [-0.25, -0.2) is 9.98 Å². The summed E-state index contributed by atoms with van der Waals surface area (Å²) in [5.41, 5.74) is 11.4. The lowest BCUT2D eigenvalue weighted by molar-refractivity contribution is 0.263. The molecule has 0 amide bonds. The molecule has 0 unspecified atom stereocenters. The average molecular weight is 468 g/mol. The zero-order chi connectivity index (χ0) is 24.2. The van der Waals surface area contributed by atoms with Crippen molar-refractivity contribution in [2.45, 2.75) is 24.9 Å². The summed E-state index contributed by atoms with van der Waals surface area (Å²) in [5.74, 6) is 2.33. The van der Waals surface area contributed by atoms with Gasteiger partial charge in [-0.1, -0.05) is 6.07 Å². The molecule has 180 valence electrons.